The lowest BCUT2D eigenvalue weighted by molar-refractivity contribution is -0.126. The van der Waals surface area contributed by atoms with Gasteiger partial charge in [0.2, 0.25) is 0 Å². The Bertz CT molecular complexity index is 815. The Morgan fingerprint density at radius 1 is 1.64 bits per heavy atom. The third-order valence-electron chi connectivity index (χ3n) is 3.31. The molecule has 2 aromatic rings. The first-order valence-corrected chi connectivity index (χ1v) is 7.62. The van der Waals surface area contributed by atoms with Crippen molar-refractivity contribution >= 4 is 27.5 Å². The van der Waals surface area contributed by atoms with Crippen LogP contribution in [0.3, 0.4) is 0 Å². The Morgan fingerprint density at radius 3 is 3.27 bits per heavy atom. The van der Waals surface area contributed by atoms with E-state index in [1.807, 2.05) is 18.2 Å². The van der Waals surface area contributed by atoms with E-state index < -0.39 is 6.10 Å². The van der Waals surface area contributed by atoms with Gasteiger partial charge in [0.1, 0.15) is 0 Å². The highest BCUT2D eigenvalue weighted by atomic mass is 32.1. The van der Waals surface area contributed by atoms with Gasteiger partial charge in [-0.15, -0.1) is 17.4 Å². The molecule has 7 heteroatoms. The van der Waals surface area contributed by atoms with E-state index >= 15 is 0 Å². The molecule has 0 bridgehead atoms. The molecule has 1 unspecified atom stereocenters. The van der Waals surface area contributed by atoms with Gasteiger partial charge in [-0.1, -0.05) is 4.70 Å². The van der Waals surface area contributed by atoms with Gasteiger partial charge in [0, 0.05) is 25.3 Å². The molecule has 6 nitrogen and oxygen atoms in total. The molecule has 114 valence electrons. The molecule has 3 rings (SSSR count). The molecule has 1 aliphatic rings. The fraction of sp³-hybridized carbons (Fsp3) is 0.333. The summed E-state index contributed by atoms with van der Waals surface area (Å²) < 4.78 is 12.8. The highest BCUT2D eigenvalue weighted by molar-refractivity contribution is 7.18. The summed E-state index contributed by atoms with van der Waals surface area (Å²) in [5.74, 6) is -0.143. The molecule has 0 aliphatic carbocycles. The molecule has 1 saturated heterocycles. The van der Waals surface area contributed by atoms with Gasteiger partial charge < -0.3 is 14.5 Å². The van der Waals surface area contributed by atoms with Gasteiger partial charge in [0.25, 0.3) is 0 Å². The number of thiazole rings is 1. The van der Waals surface area contributed by atoms with Crippen molar-refractivity contribution in [2.45, 2.75) is 18.9 Å². The highest BCUT2D eigenvalue weighted by Gasteiger charge is 2.29. The molecule has 1 atom stereocenters. The van der Waals surface area contributed by atoms with Crippen molar-refractivity contribution in [3.05, 3.63) is 35.3 Å². The van der Waals surface area contributed by atoms with Gasteiger partial charge in [0.15, 0.2) is 12.8 Å². The molecule has 2 heterocycles. The van der Waals surface area contributed by atoms with Gasteiger partial charge >= 0.3 is 5.91 Å². The largest absolute Gasteiger partial charge is 0.382 e. The van der Waals surface area contributed by atoms with Crippen molar-refractivity contribution in [1.29, 1.82) is 5.26 Å². The van der Waals surface area contributed by atoms with Gasteiger partial charge in [-0.25, -0.2) is 0 Å². The van der Waals surface area contributed by atoms with Crippen LogP contribution in [0.25, 0.3) is 10.2 Å². The summed E-state index contributed by atoms with van der Waals surface area (Å²) in [6.07, 6.45) is 0.518. The van der Waals surface area contributed by atoms with E-state index in [1.54, 1.807) is 11.3 Å². The van der Waals surface area contributed by atoms with Crippen molar-refractivity contribution in [2.75, 3.05) is 13.7 Å². The number of nitriles is 1. The summed E-state index contributed by atoms with van der Waals surface area (Å²) in [7, 11) is 1.53. The molecule has 0 N–H and O–H groups in total. The molecule has 1 aromatic carbocycles. The topological polar surface area (TPSA) is 75.2 Å². The number of hydrogen-bond acceptors (Lipinski definition) is 6. The zero-order valence-electron chi connectivity index (χ0n) is 12.0. The Labute approximate surface area is 131 Å². The van der Waals surface area contributed by atoms with E-state index in [0.717, 1.165) is 20.6 Å². The molecular weight excluding hydrogens is 302 g/mol. The Morgan fingerprint density at radius 2 is 2.50 bits per heavy atom. The number of aromatic nitrogens is 1. The van der Waals surface area contributed by atoms with Crippen molar-refractivity contribution in [3.8, 4) is 6.07 Å². The van der Waals surface area contributed by atoms with E-state index in [4.69, 9.17) is 14.7 Å². The minimum Gasteiger partial charge on any atom is -0.382 e. The molecule has 0 radical (unpaired) electrons. The van der Waals surface area contributed by atoms with Gasteiger partial charge in [-0.2, -0.15) is 17.4 Å². The van der Waals surface area contributed by atoms with Crippen LogP contribution in [0.5, 0.6) is 0 Å². The summed E-state index contributed by atoms with van der Waals surface area (Å²) in [5, 5.41) is 10.3. The normalized spacial score (nSPS) is 20.2. The van der Waals surface area contributed by atoms with Crippen LogP contribution in [-0.2, 0) is 20.7 Å². The van der Waals surface area contributed by atoms with E-state index in [-0.39, 0.29) is 12.5 Å². The first kappa shape index (κ1) is 14.8. The minimum atomic E-state index is -0.589. The van der Waals surface area contributed by atoms with Crippen molar-refractivity contribution < 1.29 is 14.3 Å². The number of benzene rings is 1. The lowest BCUT2D eigenvalue weighted by Crippen LogP contribution is -2.34. The van der Waals surface area contributed by atoms with Crippen LogP contribution >= 0.6 is 11.3 Å². The van der Waals surface area contributed by atoms with E-state index in [9.17, 15) is 4.79 Å². The lowest BCUT2D eigenvalue weighted by Gasteiger charge is -2.04. The summed E-state index contributed by atoms with van der Waals surface area (Å²) in [4.78, 5) is 16.7. The maximum absolute atomic E-state index is 12.2. The molecule has 0 saturated carbocycles. The lowest BCUT2D eigenvalue weighted by atomic mass is 10.3. The fourth-order valence-electron chi connectivity index (χ4n) is 2.23. The molecule has 1 fully saturated rings. The van der Waals surface area contributed by atoms with E-state index in [0.29, 0.717) is 12.8 Å². The second-order valence-corrected chi connectivity index (χ2v) is 5.93. The molecular formula is C15H14N3O3S-. The number of amides is 1. The molecule has 22 heavy (non-hydrogen) atoms. The van der Waals surface area contributed by atoms with Crippen molar-refractivity contribution in [2.24, 2.45) is 0 Å². The number of hydrogen-bond donors (Lipinski definition) is 0. The van der Waals surface area contributed by atoms with Crippen LogP contribution in [0.15, 0.2) is 18.2 Å². The third-order valence-corrected chi connectivity index (χ3v) is 4.38. The molecule has 1 aliphatic heterocycles. The number of rotatable bonds is 4. The van der Waals surface area contributed by atoms with Crippen molar-refractivity contribution in [3.63, 3.8) is 0 Å². The Balaban J connectivity index is 1.96. The van der Waals surface area contributed by atoms with Gasteiger partial charge in [0.05, 0.1) is 17.7 Å². The van der Waals surface area contributed by atoms with Crippen LogP contribution in [-0.4, -0.2) is 30.7 Å². The smallest absolute Gasteiger partial charge is 0.313 e. The summed E-state index contributed by atoms with van der Waals surface area (Å²) in [6, 6.07) is 7.75. The van der Waals surface area contributed by atoms with Crippen molar-refractivity contribution in [1.82, 2.24) is 9.56 Å². The number of aryl methyl sites for hydroxylation is 1. The van der Waals surface area contributed by atoms with Crippen LogP contribution in [0.4, 0.5) is 0 Å². The first-order chi connectivity index (χ1) is 10.7. The quantitative estimate of drug-likeness (QED) is 0.620. The number of ether oxygens (including phenoxy) is 2. The summed E-state index contributed by atoms with van der Waals surface area (Å²) in [6.45, 7) is 1.65. The monoisotopic (exact) mass is 316 g/mol. The van der Waals surface area contributed by atoms with E-state index in [2.05, 4.69) is 11.1 Å². The number of carbonyl (C=O) groups excluding carboxylic acids is 1. The summed E-state index contributed by atoms with van der Waals surface area (Å²) >= 11 is 1.54. The predicted octanol–water partition coefficient (Wildman–Crippen LogP) is 0.935. The molecule has 1 amide bonds. The standard InChI is InChI=1S/C15H14N3O3S/c1-20-8-12-15(19)18(9-21-12)10-4-5-11-13(7-10)22-14(17-11)3-2-6-16/h4-5,7,9,12H,2-3,8H2,1H3/q-1. The maximum atomic E-state index is 12.2. The second kappa shape index (κ2) is 6.32. The van der Waals surface area contributed by atoms with Crippen LogP contribution in [0.2, 0.25) is 0 Å². The van der Waals surface area contributed by atoms with Crippen LogP contribution < -0.4 is 9.93 Å². The second-order valence-electron chi connectivity index (χ2n) is 4.81. The SMILES string of the molecule is COCC1O[CH-][N+](=c2cc3sc(CCC#N)nc3c[cH-]2)C1=O. The van der Waals surface area contributed by atoms with Gasteiger partial charge in [-0.05, 0) is 5.52 Å². The average Bonchev–Trinajstić information content (AvgIpc) is 3.09. The molecule has 1 aromatic heterocycles. The first-order valence-electron chi connectivity index (χ1n) is 6.80. The number of fused-ring (bicyclic) bond motifs is 1. The zero-order chi connectivity index (χ0) is 15.5. The maximum Gasteiger partial charge on any atom is 0.313 e. The Kier molecular flexibility index (Phi) is 4.24. The highest BCUT2D eigenvalue weighted by Crippen LogP contribution is 2.21. The third kappa shape index (κ3) is 2.76. The van der Waals surface area contributed by atoms with E-state index in [1.165, 1.54) is 18.4 Å². The van der Waals surface area contributed by atoms with Crippen LogP contribution in [0, 0.1) is 18.1 Å². The number of nitrogens with zero attached hydrogens (tertiary/aromatic N) is 3. The van der Waals surface area contributed by atoms with Crippen LogP contribution in [0.1, 0.15) is 11.4 Å². The minimum absolute atomic E-state index is 0.143. The van der Waals surface area contributed by atoms with Gasteiger partial charge in [-0.3, -0.25) is 9.37 Å². The Hall–Kier alpha value is -2.14. The predicted molar refractivity (Wildman–Crippen MR) is 80.5 cm³/mol. The number of carbonyl (C=O) groups is 1. The number of methoxy groups -OCH3 is 1. The zero-order valence-corrected chi connectivity index (χ0v) is 12.8. The average molecular weight is 316 g/mol. The summed E-state index contributed by atoms with van der Waals surface area (Å²) in [5.41, 5.74) is 0.877. The fourth-order valence-corrected chi connectivity index (χ4v) is 3.23. The molecule has 0 spiro atoms.